The molecule has 1 aromatic heterocycles. The Morgan fingerprint density at radius 1 is 1.18 bits per heavy atom. The molecule has 1 fully saturated rings. The third kappa shape index (κ3) is 3.97. The molecular formula is C22H17ClF4N4O2. The molecule has 2 aliphatic heterocycles. The number of carbonyl (C=O) groups is 1. The monoisotopic (exact) mass is 480 g/mol. The van der Waals surface area contributed by atoms with E-state index < -0.39 is 17.9 Å². The molecule has 2 atom stereocenters. The molecule has 1 N–H and O–H groups in total. The third-order valence-corrected chi connectivity index (χ3v) is 6.38. The van der Waals surface area contributed by atoms with E-state index in [9.17, 15) is 22.4 Å². The second-order valence-corrected chi connectivity index (χ2v) is 8.47. The Morgan fingerprint density at radius 3 is 2.73 bits per heavy atom. The molecule has 2 aliphatic rings. The Labute approximate surface area is 190 Å². The van der Waals surface area contributed by atoms with Crippen LogP contribution in [0.2, 0.25) is 5.02 Å². The summed E-state index contributed by atoms with van der Waals surface area (Å²) in [4.78, 5) is 18.5. The molecule has 1 unspecified atom stereocenters. The zero-order valence-electron chi connectivity index (χ0n) is 17.0. The lowest BCUT2D eigenvalue weighted by Crippen LogP contribution is -2.48. The van der Waals surface area contributed by atoms with E-state index in [-0.39, 0.29) is 34.3 Å². The highest BCUT2D eigenvalue weighted by molar-refractivity contribution is 6.30. The number of aromatic nitrogens is 2. The minimum Gasteiger partial charge on any atom is -0.331 e. The van der Waals surface area contributed by atoms with Gasteiger partial charge in [0.2, 0.25) is 5.82 Å². The number of fused-ring (bicyclic) bond motifs is 1. The van der Waals surface area contributed by atoms with Crippen LogP contribution in [0.1, 0.15) is 39.7 Å². The zero-order valence-corrected chi connectivity index (χ0v) is 17.8. The van der Waals surface area contributed by atoms with Crippen LogP contribution in [-0.4, -0.2) is 40.1 Å². The van der Waals surface area contributed by atoms with Gasteiger partial charge in [-0.15, -0.1) is 0 Å². The van der Waals surface area contributed by atoms with Crippen LogP contribution in [0, 0.1) is 5.82 Å². The Bertz CT molecular complexity index is 1230. The lowest BCUT2D eigenvalue weighted by molar-refractivity contribution is -0.159. The highest BCUT2D eigenvalue weighted by atomic mass is 35.5. The first-order valence-electron chi connectivity index (χ1n) is 10.2. The predicted octanol–water partition coefficient (Wildman–Crippen LogP) is 4.65. The highest BCUT2D eigenvalue weighted by Gasteiger charge is 2.40. The summed E-state index contributed by atoms with van der Waals surface area (Å²) < 4.78 is 56.3. The summed E-state index contributed by atoms with van der Waals surface area (Å²) in [6.07, 6.45) is -4.06. The summed E-state index contributed by atoms with van der Waals surface area (Å²) >= 11 is 5.98. The van der Waals surface area contributed by atoms with Crippen molar-refractivity contribution in [2.24, 2.45) is 0 Å². The quantitative estimate of drug-likeness (QED) is 0.553. The Morgan fingerprint density at radius 2 is 2.00 bits per heavy atom. The van der Waals surface area contributed by atoms with E-state index in [1.54, 1.807) is 29.2 Å². The van der Waals surface area contributed by atoms with Crippen LogP contribution in [0.4, 0.5) is 17.6 Å². The van der Waals surface area contributed by atoms with Gasteiger partial charge in [-0.2, -0.15) is 18.2 Å². The first-order chi connectivity index (χ1) is 15.7. The second kappa shape index (κ2) is 8.11. The van der Waals surface area contributed by atoms with Gasteiger partial charge in [0.05, 0.1) is 5.02 Å². The molecule has 33 heavy (non-hydrogen) atoms. The largest absolute Gasteiger partial charge is 0.471 e. The van der Waals surface area contributed by atoms with Gasteiger partial charge < -0.3 is 14.7 Å². The SMILES string of the molecule is O=C1c2cc(-c3noc(C(F)(F)F)n3)ccc2CN1C1CCNC[C@H]1c1ccc(F)c(Cl)c1. The van der Waals surface area contributed by atoms with Crippen molar-refractivity contribution in [1.29, 1.82) is 0 Å². The van der Waals surface area contributed by atoms with Crippen LogP contribution in [0.5, 0.6) is 0 Å². The topological polar surface area (TPSA) is 71.3 Å². The predicted molar refractivity (Wildman–Crippen MR) is 110 cm³/mol. The van der Waals surface area contributed by atoms with Crippen molar-refractivity contribution >= 4 is 17.5 Å². The first kappa shape index (κ1) is 21.8. The van der Waals surface area contributed by atoms with E-state index in [0.29, 0.717) is 31.6 Å². The van der Waals surface area contributed by atoms with Gasteiger partial charge in [-0.1, -0.05) is 35.0 Å². The van der Waals surface area contributed by atoms with E-state index in [0.717, 1.165) is 11.1 Å². The van der Waals surface area contributed by atoms with Crippen molar-refractivity contribution in [3.8, 4) is 11.4 Å². The zero-order chi connectivity index (χ0) is 23.3. The Hall–Kier alpha value is -2.98. The summed E-state index contributed by atoms with van der Waals surface area (Å²) in [5.74, 6) is -2.51. The third-order valence-electron chi connectivity index (χ3n) is 6.09. The van der Waals surface area contributed by atoms with Crippen LogP contribution >= 0.6 is 11.6 Å². The maximum Gasteiger partial charge on any atom is 0.471 e. The van der Waals surface area contributed by atoms with Gasteiger partial charge in [-0.3, -0.25) is 4.79 Å². The summed E-state index contributed by atoms with van der Waals surface area (Å²) in [7, 11) is 0. The fourth-order valence-corrected chi connectivity index (χ4v) is 4.68. The van der Waals surface area contributed by atoms with E-state index in [1.165, 1.54) is 12.1 Å². The van der Waals surface area contributed by atoms with Crippen LogP contribution in [-0.2, 0) is 12.7 Å². The van der Waals surface area contributed by atoms with Crippen molar-refractivity contribution in [1.82, 2.24) is 20.4 Å². The molecular weight excluding hydrogens is 464 g/mol. The molecule has 0 saturated carbocycles. The number of nitrogens with one attached hydrogen (secondary N) is 1. The lowest BCUT2D eigenvalue weighted by Gasteiger charge is -2.38. The molecule has 3 aromatic rings. The minimum absolute atomic E-state index is 0.0239. The van der Waals surface area contributed by atoms with E-state index in [1.807, 2.05) is 0 Å². The normalized spacial score (nSPS) is 20.9. The summed E-state index contributed by atoms with van der Waals surface area (Å²) in [5, 5.41) is 6.73. The molecule has 0 spiro atoms. The van der Waals surface area contributed by atoms with Gasteiger partial charge in [-0.05, 0) is 42.3 Å². The van der Waals surface area contributed by atoms with Crippen molar-refractivity contribution in [3.63, 3.8) is 0 Å². The van der Waals surface area contributed by atoms with Crippen LogP contribution < -0.4 is 5.32 Å². The van der Waals surface area contributed by atoms with Crippen molar-refractivity contribution in [3.05, 3.63) is 69.8 Å². The second-order valence-electron chi connectivity index (χ2n) is 8.07. The van der Waals surface area contributed by atoms with Crippen LogP contribution in [0.25, 0.3) is 11.4 Å². The molecule has 6 nitrogen and oxygen atoms in total. The fourth-order valence-electron chi connectivity index (χ4n) is 4.49. The van der Waals surface area contributed by atoms with Gasteiger partial charge in [0.1, 0.15) is 5.82 Å². The van der Waals surface area contributed by atoms with Crippen molar-refractivity contribution in [2.75, 3.05) is 13.1 Å². The number of amides is 1. The Balaban J connectivity index is 1.43. The molecule has 5 rings (SSSR count). The number of benzene rings is 2. The number of carbonyl (C=O) groups excluding carboxylic acids is 1. The molecule has 1 saturated heterocycles. The minimum atomic E-state index is -4.75. The van der Waals surface area contributed by atoms with Crippen LogP contribution in [0.15, 0.2) is 40.9 Å². The first-order valence-corrected chi connectivity index (χ1v) is 10.6. The number of halogens is 5. The molecule has 3 heterocycles. The van der Waals surface area contributed by atoms with Gasteiger partial charge >= 0.3 is 12.1 Å². The van der Waals surface area contributed by atoms with Gasteiger partial charge in [0, 0.05) is 36.2 Å². The average molecular weight is 481 g/mol. The number of nitrogens with zero attached hydrogens (tertiary/aromatic N) is 3. The molecule has 0 bridgehead atoms. The summed E-state index contributed by atoms with van der Waals surface area (Å²) in [6, 6.07) is 9.17. The van der Waals surface area contributed by atoms with Crippen molar-refractivity contribution < 1.29 is 26.9 Å². The number of alkyl halides is 3. The highest BCUT2D eigenvalue weighted by Crippen LogP contribution is 2.36. The van der Waals surface area contributed by atoms with Gasteiger partial charge in [0.15, 0.2) is 0 Å². The van der Waals surface area contributed by atoms with Crippen LogP contribution in [0.3, 0.4) is 0 Å². The maximum atomic E-state index is 13.7. The maximum absolute atomic E-state index is 13.7. The van der Waals surface area contributed by atoms with E-state index in [4.69, 9.17) is 11.6 Å². The summed E-state index contributed by atoms with van der Waals surface area (Å²) in [6.45, 7) is 1.68. The van der Waals surface area contributed by atoms with E-state index in [2.05, 4.69) is 20.0 Å². The average Bonchev–Trinajstić information content (AvgIpc) is 3.41. The number of rotatable bonds is 3. The Kier molecular flexibility index (Phi) is 5.37. The fraction of sp³-hybridized carbons (Fsp3) is 0.318. The molecule has 11 heteroatoms. The van der Waals surface area contributed by atoms with E-state index >= 15 is 0 Å². The summed E-state index contributed by atoms with van der Waals surface area (Å²) in [5.41, 5.74) is 2.24. The number of piperidine rings is 1. The smallest absolute Gasteiger partial charge is 0.331 e. The molecule has 0 aliphatic carbocycles. The van der Waals surface area contributed by atoms with Crippen molar-refractivity contribution in [2.45, 2.75) is 31.1 Å². The molecule has 2 aromatic carbocycles. The lowest BCUT2D eigenvalue weighted by atomic mass is 9.86. The molecule has 172 valence electrons. The number of hydrogen-bond donors (Lipinski definition) is 1. The molecule has 0 radical (unpaired) electrons. The van der Waals surface area contributed by atoms with Gasteiger partial charge in [-0.25, -0.2) is 4.39 Å². The number of hydrogen-bond acceptors (Lipinski definition) is 5. The van der Waals surface area contributed by atoms with Gasteiger partial charge in [0.25, 0.3) is 5.91 Å². The standard InChI is InChI=1S/C22H17ClF4N4O2/c23-16-8-11(3-4-17(16)24)15-9-28-6-5-18(15)31-10-13-2-1-12(7-14(13)20(31)32)19-29-21(33-30-19)22(25,26)27/h1-4,7-8,15,18,28H,5-6,9-10H2/t15-,18?/m0/s1. The molecule has 1 amide bonds.